The monoisotopic (exact) mass is 502 g/mol. The van der Waals surface area contributed by atoms with Crippen molar-refractivity contribution in [2.45, 2.75) is 31.2 Å². The third-order valence-electron chi connectivity index (χ3n) is 7.89. The van der Waals surface area contributed by atoms with Gasteiger partial charge in [-0.25, -0.2) is 11.6 Å². The molecule has 37 heavy (non-hydrogen) atoms. The van der Waals surface area contributed by atoms with Crippen molar-refractivity contribution < 1.29 is 4.79 Å². The van der Waals surface area contributed by atoms with Gasteiger partial charge in [-0.1, -0.05) is 79.4 Å². The van der Waals surface area contributed by atoms with Crippen LogP contribution in [0.2, 0.25) is 0 Å². The second-order valence-electron chi connectivity index (χ2n) is 10.2. The highest BCUT2D eigenvalue weighted by atomic mass is 32.1. The van der Waals surface area contributed by atoms with Crippen molar-refractivity contribution in [2.75, 3.05) is 5.32 Å². The molecule has 1 atom stereocenters. The number of nitrogens with zero attached hydrogens (tertiary/aromatic N) is 2. The van der Waals surface area contributed by atoms with Gasteiger partial charge >= 0.3 is 0 Å². The van der Waals surface area contributed by atoms with Gasteiger partial charge < -0.3 is 11.1 Å². The number of amides is 1. The van der Waals surface area contributed by atoms with Gasteiger partial charge in [0.2, 0.25) is 5.91 Å². The number of nitrogens with two attached hydrogens (primary N) is 1. The first kappa shape index (κ1) is 23.2. The minimum atomic E-state index is -0.872. The number of fused-ring (bicyclic) bond motifs is 1. The lowest BCUT2D eigenvalue weighted by molar-refractivity contribution is -0.127. The maximum atomic E-state index is 14.0. The number of nitrogens with one attached hydrogen (secondary N) is 1. The lowest BCUT2D eigenvalue weighted by Crippen LogP contribution is -2.53. The van der Waals surface area contributed by atoms with Gasteiger partial charge in [-0.05, 0) is 29.2 Å². The molecule has 3 aliphatic carbocycles. The molecule has 0 fully saturated rings. The molecule has 0 saturated heterocycles. The molecule has 2 bridgehead atoms. The SMILES string of the molecule is [C-]#[N+]C12CC(C)(C(=O)Nc3nc(Cc4ccc(C(=C)N)cc4)cs3)C(c3ccccc31)c1ccccc12. The van der Waals surface area contributed by atoms with Crippen LogP contribution in [0.3, 0.4) is 0 Å². The van der Waals surface area contributed by atoms with Crippen LogP contribution in [0.4, 0.5) is 5.13 Å². The summed E-state index contributed by atoms with van der Waals surface area (Å²) < 4.78 is 0. The van der Waals surface area contributed by atoms with Crippen molar-refractivity contribution in [3.05, 3.63) is 135 Å². The van der Waals surface area contributed by atoms with Crippen LogP contribution in [-0.2, 0) is 16.8 Å². The van der Waals surface area contributed by atoms with Gasteiger partial charge in [-0.3, -0.25) is 9.64 Å². The standard InChI is InChI=1S/C31H26N4OS/c1-19(32)21-14-12-20(13-15-21)16-22-17-37-29(34-22)35-28(36)30(2)18-31(33-3)25-10-6-4-8-23(25)27(30)24-9-5-7-11-26(24)31/h4-15,17,27H,1,16,18,32H2,2H3,(H,34,35,36). The van der Waals surface area contributed by atoms with Gasteiger partial charge in [0.15, 0.2) is 5.13 Å². The highest BCUT2D eigenvalue weighted by molar-refractivity contribution is 7.13. The zero-order valence-electron chi connectivity index (χ0n) is 20.5. The van der Waals surface area contributed by atoms with E-state index in [0.29, 0.717) is 23.7 Å². The summed E-state index contributed by atoms with van der Waals surface area (Å²) in [5, 5.41) is 5.66. The Hall–Kier alpha value is -4.21. The van der Waals surface area contributed by atoms with Gasteiger partial charge in [0.25, 0.3) is 5.54 Å². The molecule has 3 N–H and O–H groups in total. The Labute approximate surface area is 220 Å². The molecule has 0 aliphatic heterocycles. The topological polar surface area (TPSA) is 72.4 Å². The molecule has 4 aromatic rings. The number of benzene rings is 3. The van der Waals surface area contributed by atoms with Crippen LogP contribution in [0, 0.1) is 12.0 Å². The zero-order chi connectivity index (χ0) is 25.8. The maximum Gasteiger partial charge on any atom is 0.284 e. The summed E-state index contributed by atoms with van der Waals surface area (Å²) >= 11 is 1.43. The summed E-state index contributed by atoms with van der Waals surface area (Å²) in [6.07, 6.45) is 1.09. The quantitative estimate of drug-likeness (QED) is 0.314. The van der Waals surface area contributed by atoms with Crippen molar-refractivity contribution in [1.82, 2.24) is 4.98 Å². The van der Waals surface area contributed by atoms with E-state index in [4.69, 9.17) is 17.3 Å². The van der Waals surface area contributed by atoms with Gasteiger partial charge in [0.05, 0.1) is 11.1 Å². The minimum absolute atomic E-state index is 0.0961. The summed E-state index contributed by atoms with van der Waals surface area (Å²) in [6.45, 7) is 14.1. The fraction of sp³-hybridized carbons (Fsp3) is 0.194. The van der Waals surface area contributed by atoms with E-state index in [-0.39, 0.29) is 11.8 Å². The lowest BCUT2D eigenvalue weighted by atomic mass is 9.49. The Morgan fingerprint density at radius 3 is 2.32 bits per heavy atom. The van der Waals surface area contributed by atoms with Crippen molar-refractivity contribution >= 4 is 28.1 Å². The molecule has 1 unspecified atom stereocenters. The third kappa shape index (κ3) is 3.50. The van der Waals surface area contributed by atoms with Crippen molar-refractivity contribution in [3.63, 3.8) is 0 Å². The normalized spacial score (nSPS) is 23.0. The summed E-state index contributed by atoms with van der Waals surface area (Å²) in [7, 11) is 0. The van der Waals surface area contributed by atoms with Gasteiger partial charge in [-0.2, -0.15) is 0 Å². The van der Waals surface area contributed by atoms with E-state index in [1.807, 2.05) is 60.8 Å². The van der Waals surface area contributed by atoms with Gasteiger partial charge in [-0.15, -0.1) is 11.3 Å². The van der Waals surface area contributed by atoms with E-state index in [1.165, 1.54) is 11.3 Å². The van der Waals surface area contributed by atoms with E-state index in [2.05, 4.69) is 41.0 Å². The van der Waals surface area contributed by atoms with Crippen molar-refractivity contribution in [1.29, 1.82) is 0 Å². The minimum Gasteiger partial charge on any atom is -0.399 e. The van der Waals surface area contributed by atoms with Crippen LogP contribution >= 0.6 is 11.3 Å². The van der Waals surface area contributed by atoms with Crippen LogP contribution in [0.5, 0.6) is 0 Å². The van der Waals surface area contributed by atoms with Crippen LogP contribution in [-0.4, -0.2) is 10.9 Å². The first-order valence-electron chi connectivity index (χ1n) is 12.2. The van der Waals surface area contributed by atoms with Crippen LogP contribution in [0.1, 0.15) is 58.3 Å². The molecule has 3 aliphatic rings. The van der Waals surface area contributed by atoms with Crippen LogP contribution < -0.4 is 11.1 Å². The molecule has 0 spiro atoms. The Bertz CT molecular complexity index is 1550. The van der Waals surface area contributed by atoms with Crippen molar-refractivity contribution in [2.24, 2.45) is 11.1 Å². The Morgan fingerprint density at radius 2 is 1.73 bits per heavy atom. The first-order chi connectivity index (χ1) is 17.9. The molecule has 0 radical (unpaired) electrons. The molecule has 3 aromatic carbocycles. The average molecular weight is 503 g/mol. The number of rotatable bonds is 5. The fourth-order valence-electron chi connectivity index (χ4n) is 6.18. The number of carbonyl (C=O) groups excluding carboxylic acids is 1. The number of hydrogen-bond donors (Lipinski definition) is 2. The number of hydrogen-bond acceptors (Lipinski definition) is 4. The number of anilines is 1. The van der Waals surface area contributed by atoms with E-state index in [9.17, 15) is 4.79 Å². The second-order valence-corrected chi connectivity index (χ2v) is 11.0. The Morgan fingerprint density at radius 1 is 1.11 bits per heavy atom. The predicted molar refractivity (Wildman–Crippen MR) is 148 cm³/mol. The van der Waals surface area contributed by atoms with E-state index in [1.54, 1.807) is 0 Å². The summed E-state index contributed by atoms with van der Waals surface area (Å²) in [5.74, 6) is -0.222. The molecule has 1 aromatic heterocycles. The van der Waals surface area contributed by atoms with E-state index < -0.39 is 11.0 Å². The molecular weight excluding hydrogens is 476 g/mol. The summed E-state index contributed by atoms with van der Waals surface area (Å²) in [4.78, 5) is 22.9. The Balaban J connectivity index is 1.30. The predicted octanol–water partition coefficient (Wildman–Crippen LogP) is 6.32. The van der Waals surface area contributed by atoms with Crippen LogP contribution in [0.25, 0.3) is 10.5 Å². The summed E-state index contributed by atoms with van der Waals surface area (Å²) in [6, 6.07) is 24.2. The second kappa shape index (κ2) is 8.43. The molecule has 1 heterocycles. The smallest absolute Gasteiger partial charge is 0.284 e. The molecule has 7 rings (SSSR count). The van der Waals surface area contributed by atoms with Gasteiger partial charge in [0.1, 0.15) is 0 Å². The van der Waals surface area contributed by atoms with Crippen LogP contribution in [0.15, 0.2) is 84.8 Å². The molecule has 1 amide bonds. The van der Waals surface area contributed by atoms with E-state index in [0.717, 1.165) is 39.1 Å². The highest BCUT2D eigenvalue weighted by Crippen LogP contribution is 2.64. The van der Waals surface area contributed by atoms with Gasteiger partial charge in [0, 0.05) is 41.0 Å². The fourth-order valence-corrected chi connectivity index (χ4v) is 6.88. The lowest BCUT2D eigenvalue weighted by Gasteiger charge is -2.51. The largest absolute Gasteiger partial charge is 0.399 e. The number of aromatic nitrogens is 1. The maximum absolute atomic E-state index is 14.0. The third-order valence-corrected chi connectivity index (χ3v) is 8.69. The number of carbonyl (C=O) groups is 1. The highest BCUT2D eigenvalue weighted by Gasteiger charge is 2.64. The molecular formula is C31H26N4OS. The molecule has 0 saturated carbocycles. The summed E-state index contributed by atoms with van der Waals surface area (Å²) in [5.41, 5.74) is 11.8. The van der Waals surface area contributed by atoms with Crippen molar-refractivity contribution in [3.8, 4) is 0 Å². The number of thiazole rings is 1. The zero-order valence-corrected chi connectivity index (χ0v) is 21.3. The molecule has 6 heteroatoms. The average Bonchev–Trinajstić information content (AvgIpc) is 3.35. The molecule has 5 nitrogen and oxygen atoms in total. The first-order valence-corrected chi connectivity index (χ1v) is 13.1. The van der Waals surface area contributed by atoms with E-state index >= 15 is 0 Å². The molecule has 182 valence electrons. The Kier molecular flexibility index (Phi) is 5.29.